The Morgan fingerprint density at radius 1 is 1.29 bits per heavy atom. The molecule has 1 rings (SSSR count). The van der Waals surface area contributed by atoms with Gasteiger partial charge in [-0.2, -0.15) is 4.20 Å². The molecule has 2 nitrogen and oxygen atoms in total. The number of hydrogen-bond donors (Lipinski definition) is 0. The summed E-state index contributed by atoms with van der Waals surface area (Å²) in [6.45, 7) is 8.30. The van der Waals surface area contributed by atoms with E-state index in [0.717, 1.165) is 19.3 Å². The molecule has 0 spiro atoms. The third kappa shape index (κ3) is 4.71. The summed E-state index contributed by atoms with van der Waals surface area (Å²) in [6, 6.07) is 0. The lowest BCUT2D eigenvalue weighted by Crippen LogP contribution is -2.36. The van der Waals surface area contributed by atoms with Crippen molar-refractivity contribution in [3.05, 3.63) is 0 Å². The van der Waals surface area contributed by atoms with Crippen molar-refractivity contribution in [2.45, 2.75) is 65.9 Å². The summed E-state index contributed by atoms with van der Waals surface area (Å²) >= 11 is 0. The minimum Gasteiger partial charge on any atom is -0.302 e. The molecule has 3 unspecified atom stereocenters. The van der Waals surface area contributed by atoms with E-state index in [1.165, 1.54) is 6.42 Å². The van der Waals surface area contributed by atoms with Gasteiger partial charge in [0.25, 0.3) is 0 Å². The van der Waals surface area contributed by atoms with E-state index >= 15 is 0 Å². The lowest BCUT2D eigenvalue weighted by Gasteiger charge is -2.40. The summed E-state index contributed by atoms with van der Waals surface area (Å²) in [5, 5.41) is 0. The summed E-state index contributed by atoms with van der Waals surface area (Å²) < 4.78 is 30.8. The fourth-order valence-corrected chi connectivity index (χ4v) is 4.03. The maximum absolute atomic E-state index is 13.8. The third-order valence-electron chi connectivity index (χ3n) is 3.60. The highest BCUT2D eigenvalue weighted by Crippen LogP contribution is 2.54. The van der Waals surface area contributed by atoms with Crippen LogP contribution in [0.3, 0.4) is 0 Å². The first-order valence-corrected chi connectivity index (χ1v) is 8.43. The van der Waals surface area contributed by atoms with E-state index in [9.17, 15) is 8.76 Å². The second kappa shape index (κ2) is 5.84. The molecular weight excluding hydrogens is 238 g/mol. The maximum Gasteiger partial charge on any atom is 0.367 e. The second-order valence-corrected chi connectivity index (χ2v) is 8.05. The molecule has 0 aliphatic heterocycles. The zero-order chi connectivity index (χ0) is 13.1. The van der Waals surface area contributed by atoms with E-state index < -0.39 is 7.68 Å². The monoisotopic (exact) mass is 264 g/mol. The van der Waals surface area contributed by atoms with E-state index in [-0.39, 0.29) is 17.7 Å². The molecule has 102 valence electrons. The second-order valence-electron chi connectivity index (χ2n) is 6.21. The van der Waals surface area contributed by atoms with Crippen LogP contribution < -0.4 is 0 Å². The molecule has 4 heteroatoms. The van der Waals surface area contributed by atoms with E-state index in [2.05, 4.69) is 20.8 Å². The molecule has 0 heterocycles. The van der Waals surface area contributed by atoms with Crippen LogP contribution in [0.15, 0.2) is 0 Å². The van der Waals surface area contributed by atoms with Crippen molar-refractivity contribution in [1.29, 1.82) is 0 Å². The average molecular weight is 264 g/mol. The molecule has 1 aliphatic rings. The lowest BCUT2D eigenvalue weighted by atomic mass is 9.71. The van der Waals surface area contributed by atoms with E-state index in [1.807, 2.05) is 6.92 Å². The lowest BCUT2D eigenvalue weighted by molar-refractivity contribution is 0.0252. The molecule has 1 aliphatic carbocycles. The predicted octanol–water partition coefficient (Wildman–Crippen LogP) is 5.18. The van der Waals surface area contributed by atoms with Crippen molar-refractivity contribution in [3.8, 4) is 0 Å². The van der Waals surface area contributed by atoms with Crippen LogP contribution in [0.2, 0.25) is 0 Å². The molecule has 0 aromatic heterocycles. The molecule has 0 saturated heterocycles. The van der Waals surface area contributed by atoms with Gasteiger partial charge in [-0.1, -0.05) is 40.5 Å². The van der Waals surface area contributed by atoms with E-state index in [0.29, 0.717) is 12.3 Å². The fraction of sp³-hybridized carbons (Fsp3) is 1.00. The van der Waals surface area contributed by atoms with Crippen molar-refractivity contribution in [1.82, 2.24) is 0 Å². The Bertz CT molecular complexity index is 286. The Labute approximate surface area is 105 Å². The summed E-state index contributed by atoms with van der Waals surface area (Å²) in [5.41, 5.74) is 0.0945. The average Bonchev–Trinajstić information content (AvgIpc) is 2.15. The smallest absolute Gasteiger partial charge is 0.302 e. The Morgan fingerprint density at radius 2 is 1.88 bits per heavy atom. The van der Waals surface area contributed by atoms with Crippen molar-refractivity contribution in [2.24, 2.45) is 11.3 Å². The van der Waals surface area contributed by atoms with Gasteiger partial charge in [-0.15, -0.1) is 0 Å². The number of halogens is 1. The summed E-state index contributed by atoms with van der Waals surface area (Å²) in [7, 11) is -3.87. The Kier molecular flexibility index (Phi) is 5.21. The quantitative estimate of drug-likeness (QED) is 0.654. The van der Waals surface area contributed by atoms with Crippen LogP contribution >= 0.6 is 7.68 Å². The molecule has 17 heavy (non-hydrogen) atoms. The molecule has 0 radical (unpaired) electrons. The largest absolute Gasteiger partial charge is 0.367 e. The summed E-state index contributed by atoms with van der Waals surface area (Å²) in [6.07, 6.45) is 4.60. The first kappa shape index (κ1) is 15.2. The van der Waals surface area contributed by atoms with Gasteiger partial charge in [0.05, 0.1) is 12.3 Å². The standard InChI is InChI=1S/C13H26FO2P/c1-5-10-17(14,15)16-12-9-7-6-8-11(12)13(2,3)4/h11-12H,5-10H2,1-4H3. The van der Waals surface area contributed by atoms with Gasteiger partial charge in [-0.05, 0) is 30.6 Å². The minimum atomic E-state index is -3.87. The van der Waals surface area contributed by atoms with Crippen molar-refractivity contribution in [2.75, 3.05) is 6.16 Å². The van der Waals surface area contributed by atoms with Crippen LogP contribution in [0.1, 0.15) is 59.8 Å². The summed E-state index contributed by atoms with van der Waals surface area (Å²) in [5.74, 6) is 0.317. The molecule has 0 aromatic carbocycles. The van der Waals surface area contributed by atoms with Gasteiger partial charge in [-0.3, -0.25) is 4.57 Å². The molecule has 3 atom stereocenters. The molecule has 1 saturated carbocycles. The Balaban J connectivity index is 2.69. The number of hydrogen-bond acceptors (Lipinski definition) is 2. The highest BCUT2D eigenvalue weighted by molar-refractivity contribution is 7.53. The van der Waals surface area contributed by atoms with Crippen LogP contribution in [0.25, 0.3) is 0 Å². The molecule has 0 aromatic rings. The van der Waals surface area contributed by atoms with Crippen LogP contribution in [-0.2, 0) is 9.09 Å². The molecule has 0 N–H and O–H groups in total. The van der Waals surface area contributed by atoms with Crippen LogP contribution in [0.5, 0.6) is 0 Å². The SMILES string of the molecule is CCCP(=O)(F)OC1CCCCC1C(C)(C)C. The zero-order valence-electron chi connectivity index (χ0n) is 11.5. The first-order chi connectivity index (χ1) is 7.76. The van der Waals surface area contributed by atoms with E-state index in [1.54, 1.807) is 0 Å². The van der Waals surface area contributed by atoms with Crippen LogP contribution in [0.4, 0.5) is 4.20 Å². The maximum atomic E-state index is 13.8. The van der Waals surface area contributed by atoms with E-state index in [4.69, 9.17) is 4.52 Å². The van der Waals surface area contributed by atoms with Gasteiger partial charge in [0.1, 0.15) is 0 Å². The highest BCUT2D eigenvalue weighted by atomic mass is 31.2. The third-order valence-corrected chi connectivity index (χ3v) is 5.17. The topological polar surface area (TPSA) is 26.3 Å². The highest BCUT2D eigenvalue weighted by Gasteiger charge is 2.38. The molecule has 1 fully saturated rings. The Hall–Kier alpha value is 0.120. The van der Waals surface area contributed by atoms with Gasteiger partial charge >= 0.3 is 7.68 Å². The Morgan fingerprint density at radius 3 is 2.41 bits per heavy atom. The van der Waals surface area contributed by atoms with Gasteiger partial charge < -0.3 is 4.52 Å². The normalized spacial score (nSPS) is 29.9. The van der Waals surface area contributed by atoms with Gasteiger partial charge in [-0.25, -0.2) is 0 Å². The summed E-state index contributed by atoms with van der Waals surface area (Å²) in [4.78, 5) is 0. The molecule has 0 amide bonds. The van der Waals surface area contributed by atoms with Crippen molar-refractivity contribution in [3.63, 3.8) is 0 Å². The van der Waals surface area contributed by atoms with Crippen LogP contribution in [0, 0.1) is 11.3 Å². The first-order valence-electron chi connectivity index (χ1n) is 6.73. The molecular formula is C13H26FO2P. The fourth-order valence-electron chi connectivity index (χ4n) is 2.74. The minimum absolute atomic E-state index is 0.0559. The molecule has 0 bridgehead atoms. The zero-order valence-corrected chi connectivity index (χ0v) is 12.4. The van der Waals surface area contributed by atoms with Crippen molar-refractivity contribution < 1.29 is 13.3 Å². The number of rotatable bonds is 4. The van der Waals surface area contributed by atoms with Gasteiger partial charge in [0.15, 0.2) is 0 Å². The van der Waals surface area contributed by atoms with Crippen molar-refractivity contribution >= 4 is 7.68 Å². The van der Waals surface area contributed by atoms with Gasteiger partial charge in [0, 0.05) is 0 Å². The van der Waals surface area contributed by atoms with Crippen LogP contribution in [-0.4, -0.2) is 12.3 Å². The predicted molar refractivity (Wildman–Crippen MR) is 70.2 cm³/mol. The van der Waals surface area contributed by atoms with Gasteiger partial charge in [0.2, 0.25) is 0 Å².